The summed E-state index contributed by atoms with van der Waals surface area (Å²) in [5.74, 6) is 0.766. The fraction of sp³-hybridized carbons (Fsp3) is 0.842. The molecule has 1 N–H and O–H groups in total. The molecule has 5 atom stereocenters. The zero-order valence-corrected chi connectivity index (χ0v) is 14.9. The van der Waals surface area contributed by atoms with Crippen LogP contribution in [-0.2, 0) is 14.4 Å². The lowest BCUT2D eigenvalue weighted by Crippen LogP contribution is -2.45. The molecule has 3 aliphatic rings. The van der Waals surface area contributed by atoms with Crippen molar-refractivity contribution in [3.05, 3.63) is 0 Å². The van der Waals surface area contributed by atoms with E-state index >= 15 is 0 Å². The van der Waals surface area contributed by atoms with E-state index in [9.17, 15) is 14.4 Å². The summed E-state index contributed by atoms with van der Waals surface area (Å²) < 4.78 is 0. The molecule has 3 fully saturated rings. The molecule has 2 saturated carbocycles. The molecule has 0 unspecified atom stereocenters. The van der Waals surface area contributed by atoms with E-state index in [1.54, 1.807) is 0 Å². The van der Waals surface area contributed by atoms with E-state index in [4.69, 9.17) is 0 Å². The first-order valence-electron chi connectivity index (χ1n) is 9.63. The normalized spacial score (nSPS) is 36.6. The van der Waals surface area contributed by atoms with Gasteiger partial charge in [0.2, 0.25) is 17.7 Å². The van der Waals surface area contributed by atoms with Crippen molar-refractivity contribution < 1.29 is 14.4 Å². The predicted octanol–water partition coefficient (Wildman–Crippen LogP) is 2.49. The predicted molar refractivity (Wildman–Crippen MR) is 90.9 cm³/mol. The van der Waals surface area contributed by atoms with E-state index < -0.39 is 0 Å². The van der Waals surface area contributed by atoms with Crippen LogP contribution in [0.2, 0.25) is 0 Å². The van der Waals surface area contributed by atoms with Gasteiger partial charge in [-0.1, -0.05) is 39.5 Å². The van der Waals surface area contributed by atoms with Crippen molar-refractivity contribution in [2.75, 3.05) is 6.54 Å². The Morgan fingerprint density at radius 2 is 1.62 bits per heavy atom. The highest BCUT2D eigenvalue weighted by molar-refractivity contribution is 6.05. The molecular weight excluding hydrogens is 304 g/mol. The summed E-state index contributed by atoms with van der Waals surface area (Å²) in [7, 11) is 0. The number of nitrogens with zero attached hydrogens (tertiary/aromatic N) is 1. The molecule has 0 aromatic rings. The summed E-state index contributed by atoms with van der Waals surface area (Å²) in [6, 6.07) is 0.230. The molecule has 0 radical (unpaired) electrons. The maximum atomic E-state index is 12.4. The van der Waals surface area contributed by atoms with Crippen LogP contribution in [0.5, 0.6) is 0 Å². The smallest absolute Gasteiger partial charge is 0.233 e. The summed E-state index contributed by atoms with van der Waals surface area (Å²) >= 11 is 0. The van der Waals surface area contributed by atoms with Gasteiger partial charge in [-0.25, -0.2) is 0 Å². The Bertz CT molecular complexity index is 495. The molecule has 0 aromatic carbocycles. The van der Waals surface area contributed by atoms with Crippen molar-refractivity contribution in [2.45, 2.75) is 71.3 Å². The third-order valence-electron chi connectivity index (χ3n) is 6.55. The quantitative estimate of drug-likeness (QED) is 0.803. The topological polar surface area (TPSA) is 66.5 Å². The number of imide groups is 1. The highest BCUT2D eigenvalue weighted by Crippen LogP contribution is 2.38. The second kappa shape index (κ2) is 7.24. The molecule has 5 heteroatoms. The van der Waals surface area contributed by atoms with Crippen LogP contribution in [0.1, 0.15) is 65.2 Å². The van der Waals surface area contributed by atoms with Crippen LogP contribution in [-0.4, -0.2) is 35.2 Å². The molecule has 1 heterocycles. The van der Waals surface area contributed by atoms with Crippen molar-refractivity contribution in [3.63, 3.8) is 0 Å². The monoisotopic (exact) mass is 334 g/mol. The van der Waals surface area contributed by atoms with Crippen molar-refractivity contribution in [3.8, 4) is 0 Å². The molecule has 0 bridgehead atoms. The van der Waals surface area contributed by atoms with Crippen LogP contribution in [0.4, 0.5) is 0 Å². The number of hydrogen-bond donors (Lipinski definition) is 1. The van der Waals surface area contributed by atoms with E-state index in [-0.39, 0.29) is 48.6 Å². The third-order valence-corrected chi connectivity index (χ3v) is 6.55. The molecule has 134 valence electrons. The van der Waals surface area contributed by atoms with Crippen LogP contribution >= 0.6 is 0 Å². The minimum absolute atomic E-state index is 0.0311. The summed E-state index contributed by atoms with van der Waals surface area (Å²) in [6.45, 7) is 4.69. The highest BCUT2D eigenvalue weighted by Gasteiger charge is 2.47. The van der Waals surface area contributed by atoms with Gasteiger partial charge in [0, 0.05) is 19.0 Å². The van der Waals surface area contributed by atoms with Gasteiger partial charge >= 0.3 is 0 Å². The molecule has 0 aromatic heterocycles. The van der Waals surface area contributed by atoms with E-state index in [1.165, 1.54) is 11.3 Å². The van der Waals surface area contributed by atoms with E-state index in [0.717, 1.165) is 38.5 Å². The number of hydrogen-bond acceptors (Lipinski definition) is 3. The molecule has 5 nitrogen and oxygen atoms in total. The standard InChI is InChI=1S/C19H30N2O3/c1-12-6-5-9-16(13(12)2)20-17(22)10-11-21-18(23)14-7-3-4-8-15(14)19(21)24/h12-16H,3-11H2,1-2H3,(H,20,22)/t12-,13+,14-,15-,16+/m1/s1. The molecule has 2 aliphatic carbocycles. The molecule has 0 spiro atoms. The fourth-order valence-electron chi connectivity index (χ4n) is 4.73. The third kappa shape index (κ3) is 3.35. The van der Waals surface area contributed by atoms with Crippen LogP contribution < -0.4 is 5.32 Å². The maximum absolute atomic E-state index is 12.4. The average Bonchev–Trinajstić information content (AvgIpc) is 2.82. The lowest BCUT2D eigenvalue weighted by atomic mass is 9.78. The number of fused-ring (bicyclic) bond motifs is 1. The summed E-state index contributed by atoms with van der Waals surface area (Å²) in [4.78, 5) is 38.5. The largest absolute Gasteiger partial charge is 0.353 e. The zero-order valence-electron chi connectivity index (χ0n) is 14.9. The van der Waals surface area contributed by atoms with Crippen molar-refractivity contribution in [1.29, 1.82) is 0 Å². The van der Waals surface area contributed by atoms with Gasteiger partial charge in [0.1, 0.15) is 0 Å². The number of nitrogens with one attached hydrogen (secondary N) is 1. The summed E-state index contributed by atoms with van der Waals surface area (Å²) in [5, 5.41) is 3.13. The first-order chi connectivity index (χ1) is 11.5. The van der Waals surface area contributed by atoms with Crippen LogP contribution in [0.25, 0.3) is 0 Å². The molecule has 3 amide bonds. The van der Waals surface area contributed by atoms with Crippen LogP contribution in [0, 0.1) is 23.7 Å². The second-order valence-electron chi connectivity index (χ2n) is 8.02. The lowest BCUT2D eigenvalue weighted by Gasteiger charge is -2.34. The maximum Gasteiger partial charge on any atom is 0.233 e. The Labute approximate surface area is 144 Å². The molecule has 1 aliphatic heterocycles. The second-order valence-corrected chi connectivity index (χ2v) is 8.02. The van der Waals surface area contributed by atoms with Crippen molar-refractivity contribution >= 4 is 17.7 Å². The minimum Gasteiger partial charge on any atom is -0.353 e. The first kappa shape index (κ1) is 17.4. The zero-order chi connectivity index (χ0) is 17.3. The highest BCUT2D eigenvalue weighted by atomic mass is 16.2. The van der Waals surface area contributed by atoms with Gasteiger partial charge in [-0.3, -0.25) is 19.3 Å². The fourth-order valence-corrected chi connectivity index (χ4v) is 4.73. The lowest BCUT2D eigenvalue weighted by molar-refractivity contribution is -0.140. The SMILES string of the molecule is C[C@H]1[C@H](C)CCC[C@@H]1NC(=O)CCN1C(=O)[C@@H]2CCCC[C@H]2C1=O. The van der Waals surface area contributed by atoms with E-state index in [0.29, 0.717) is 11.8 Å². The van der Waals surface area contributed by atoms with Gasteiger partial charge in [-0.2, -0.15) is 0 Å². The molecular formula is C19H30N2O3. The molecule has 24 heavy (non-hydrogen) atoms. The number of carbonyl (C=O) groups excluding carboxylic acids is 3. The van der Waals surface area contributed by atoms with Gasteiger partial charge in [-0.05, 0) is 31.1 Å². The van der Waals surface area contributed by atoms with Crippen LogP contribution in [0.15, 0.2) is 0 Å². The van der Waals surface area contributed by atoms with Crippen LogP contribution in [0.3, 0.4) is 0 Å². The van der Waals surface area contributed by atoms with Gasteiger partial charge in [-0.15, -0.1) is 0 Å². The van der Waals surface area contributed by atoms with Gasteiger partial charge in [0.25, 0.3) is 0 Å². The van der Waals surface area contributed by atoms with E-state index in [1.807, 2.05) is 0 Å². The Morgan fingerprint density at radius 1 is 1.00 bits per heavy atom. The Kier molecular flexibility index (Phi) is 5.26. The molecule has 3 rings (SSSR count). The van der Waals surface area contributed by atoms with Crippen molar-refractivity contribution in [1.82, 2.24) is 10.2 Å². The molecule has 1 saturated heterocycles. The van der Waals surface area contributed by atoms with E-state index in [2.05, 4.69) is 19.2 Å². The first-order valence-corrected chi connectivity index (χ1v) is 9.63. The Balaban J connectivity index is 1.51. The van der Waals surface area contributed by atoms with Crippen molar-refractivity contribution in [2.24, 2.45) is 23.7 Å². The Hall–Kier alpha value is -1.39. The summed E-state index contributed by atoms with van der Waals surface area (Å²) in [6.07, 6.45) is 7.37. The van der Waals surface area contributed by atoms with Gasteiger partial charge in [0.15, 0.2) is 0 Å². The number of amides is 3. The van der Waals surface area contributed by atoms with Gasteiger partial charge in [0.05, 0.1) is 11.8 Å². The van der Waals surface area contributed by atoms with Gasteiger partial charge < -0.3 is 5.32 Å². The minimum atomic E-state index is -0.117. The number of rotatable bonds is 4. The number of likely N-dealkylation sites (tertiary alicyclic amines) is 1. The average molecular weight is 334 g/mol. The summed E-state index contributed by atoms with van der Waals surface area (Å²) in [5.41, 5.74) is 0. The number of carbonyl (C=O) groups is 3. The Morgan fingerprint density at radius 3 is 2.25 bits per heavy atom.